The molecular weight excluding hydrogens is 348 g/mol. The highest BCUT2D eigenvalue weighted by atomic mass is 32.2. The first-order valence-electron chi connectivity index (χ1n) is 7.99. The van der Waals surface area contributed by atoms with Crippen LogP contribution >= 0.6 is 0 Å². The average molecular weight is 368 g/mol. The number of benzene rings is 1. The van der Waals surface area contributed by atoms with Gasteiger partial charge >= 0.3 is 0 Å². The maximum atomic E-state index is 11.9. The number of anilines is 1. The molecule has 0 saturated carbocycles. The van der Waals surface area contributed by atoms with Crippen molar-refractivity contribution in [3.8, 4) is 6.07 Å². The largest absolute Gasteiger partial charge is 0.362 e. The van der Waals surface area contributed by atoms with Gasteiger partial charge in [-0.05, 0) is 30.2 Å². The first kappa shape index (κ1) is 17.9. The molecule has 2 heterocycles. The molecule has 0 radical (unpaired) electrons. The van der Waals surface area contributed by atoms with Crippen molar-refractivity contribution in [2.24, 2.45) is 0 Å². The maximum absolute atomic E-state index is 11.9. The van der Waals surface area contributed by atoms with Crippen LogP contribution in [0, 0.1) is 23.0 Å². The van der Waals surface area contributed by atoms with Gasteiger partial charge in [-0.25, -0.2) is 14.0 Å². The van der Waals surface area contributed by atoms with Crippen LogP contribution in [0.3, 0.4) is 0 Å². The number of aromatic nitrogens is 3. The van der Waals surface area contributed by atoms with E-state index >= 15 is 0 Å². The summed E-state index contributed by atoms with van der Waals surface area (Å²) in [6.07, 6.45) is 3.45. The molecule has 1 N–H and O–H groups in total. The van der Waals surface area contributed by atoms with Crippen LogP contribution in [0.15, 0.2) is 35.5 Å². The topological polar surface area (TPSA) is 98.1 Å². The minimum atomic E-state index is -2.73. The molecule has 8 heteroatoms. The fourth-order valence-corrected chi connectivity index (χ4v) is 3.71. The Hall–Kier alpha value is -2.92. The molecular formula is C18H20N6OS. The van der Waals surface area contributed by atoms with E-state index in [1.165, 1.54) is 12.6 Å². The van der Waals surface area contributed by atoms with Crippen LogP contribution < -0.4 is 4.90 Å². The number of nitrogens with one attached hydrogen (secondary N) is 1. The van der Waals surface area contributed by atoms with Crippen LogP contribution in [0.25, 0.3) is 5.65 Å². The van der Waals surface area contributed by atoms with E-state index in [-0.39, 0.29) is 0 Å². The molecule has 3 rings (SSSR count). The highest BCUT2D eigenvalue weighted by Crippen LogP contribution is 2.29. The average Bonchev–Trinajstić information content (AvgIpc) is 3.03. The summed E-state index contributed by atoms with van der Waals surface area (Å²) in [6, 6.07) is 9.46. The zero-order chi connectivity index (χ0) is 19.1. The van der Waals surface area contributed by atoms with Crippen molar-refractivity contribution < 1.29 is 4.21 Å². The Bertz CT molecular complexity index is 1120. The molecule has 1 aromatic carbocycles. The summed E-state index contributed by atoms with van der Waals surface area (Å²) < 4.78 is 21.2. The Morgan fingerprint density at radius 2 is 1.96 bits per heavy atom. The Kier molecular flexibility index (Phi) is 4.42. The zero-order valence-electron chi connectivity index (χ0n) is 15.1. The van der Waals surface area contributed by atoms with Gasteiger partial charge < -0.3 is 4.90 Å². The van der Waals surface area contributed by atoms with E-state index in [0.29, 0.717) is 22.5 Å². The van der Waals surface area contributed by atoms with Crippen molar-refractivity contribution in [3.63, 3.8) is 0 Å². The normalized spacial score (nSPS) is 13.3. The van der Waals surface area contributed by atoms with Gasteiger partial charge in [0, 0.05) is 37.2 Å². The van der Waals surface area contributed by atoms with E-state index < -0.39 is 9.73 Å². The van der Waals surface area contributed by atoms with Crippen LogP contribution in [-0.2, 0) is 16.1 Å². The third-order valence-corrected chi connectivity index (χ3v) is 5.53. The van der Waals surface area contributed by atoms with Crippen LogP contribution in [0.1, 0.15) is 22.3 Å². The molecule has 0 spiro atoms. The van der Waals surface area contributed by atoms with E-state index in [1.54, 1.807) is 16.6 Å². The van der Waals surface area contributed by atoms with E-state index in [1.807, 2.05) is 38.1 Å². The first-order valence-corrected chi connectivity index (χ1v) is 9.96. The van der Waals surface area contributed by atoms with Crippen molar-refractivity contribution in [3.05, 3.63) is 52.8 Å². The minimum Gasteiger partial charge on any atom is -0.362 e. The lowest BCUT2D eigenvalue weighted by molar-refractivity contribution is 0.679. The molecule has 134 valence electrons. The van der Waals surface area contributed by atoms with Crippen LogP contribution in [-0.4, -0.2) is 39.2 Å². The summed E-state index contributed by atoms with van der Waals surface area (Å²) in [5.74, 6) is 0.873. The lowest BCUT2D eigenvalue weighted by Gasteiger charge is -2.21. The van der Waals surface area contributed by atoms with Gasteiger partial charge in [-0.15, -0.1) is 0 Å². The van der Waals surface area contributed by atoms with Gasteiger partial charge in [0.25, 0.3) is 0 Å². The summed E-state index contributed by atoms with van der Waals surface area (Å²) >= 11 is 0. The number of hydrogen-bond donors (Lipinski definition) is 1. The summed E-state index contributed by atoms with van der Waals surface area (Å²) in [4.78, 5) is 6.70. The lowest BCUT2D eigenvalue weighted by atomic mass is 9.98. The third-order valence-electron chi connectivity index (χ3n) is 4.36. The fraction of sp³-hybridized carbons (Fsp3) is 0.278. The summed E-state index contributed by atoms with van der Waals surface area (Å²) in [5.41, 5.74) is 3.93. The first-order chi connectivity index (χ1) is 12.2. The molecule has 0 aliphatic heterocycles. The van der Waals surface area contributed by atoms with E-state index in [0.717, 1.165) is 22.5 Å². The second-order valence-corrected chi connectivity index (χ2v) is 8.63. The van der Waals surface area contributed by atoms with Crippen molar-refractivity contribution in [2.45, 2.75) is 18.2 Å². The quantitative estimate of drug-likeness (QED) is 0.763. The number of fused-ring (bicyclic) bond motifs is 1. The smallest absolute Gasteiger partial charge is 0.175 e. The lowest BCUT2D eigenvalue weighted by Crippen LogP contribution is -2.18. The van der Waals surface area contributed by atoms with E-state index in [2.05, 4.69) is 16.2 Å². The molecule has 0 fully saturated rings. The van der Waals surface area contributed by atoms with Crippen molar-refractivity contribution in [1.29, 1.82) is 10.0 Å². The van der Waals surface area contributed by atoms with Gasteiger partial charge in [0.1, 0.15) is 23.8 Å². The van der Waals surface area contributed by atoms with E-state index in [9.17, 15) is 9.47 Å². The van der Waals surface area contributed by atoms with Crippen molar-refractivity contribution in [1.82, 2.24) is 14.6 Å². The fourth-order valence-electron chi connectivity index (χ4n) is 3.06. The second-order valence-electron chi connectivity index (χ2n) is 6.47. The zero-order valence-corrected chi connectivity index (χ0v) is 16.0. The molecule has 0 bridgehead atoms. The second kappa shape index (κ2) is 6.42. The van der Waals surface area contributed by atoms with Gasteiger partial charge in [-0.1, -0.05) is 12.1 Å². The molecule has 0 aliphatic rings. The Morgan fingerprint density at radius 3 is 2.50 bits per heavy atom. The number of rotatable bonds is 4. The highest BCUT2D eigenvalue weighted by molar-refractivity contribution is 7.91. The SMILES string of the molecule is Cc1c(Cc2ccc(S(C)(=N)=O)cc2)c(N(C)C)n2ncnc2c1C#N. The van der Waals surface area contributed by atoms with Crippen molar-refractivity contribution >= 4 is 21.2 Å². The third kappa shape index (κ3) is 3.02. The molecule has 0 saturated heterocycles. The molecule has 0 aliphatic carbocycles. The Morgan fingerprint density at radius 1 is 1.31 bits per heavy atom. The monoisotopic (exact) mass is 368 g/mol. The highest BCUT2D eigenvalue weighted by Gasteiger charge is 2.20. The Labute approximate surface area is 152 Å². The van der Waals surface area contributed by atoms with E-state index in [4.69, 9.17) is 4.78 Å². The van der Waals surface area contributed by atoms with Gasteiger partial charge in [0.05, 0.1) is 9.73 Å². The number of nitrogens with zero attached hydrogens (tertiary/aromatic N) is 5. The summed E-state index contributed by atoms with van der Waals surface area (Å²) in [5, 5.41) is 13.9. The predicted molar refractivity (Wildman–Crippen MR) is 101 cm³/mol. The standard InChI is InChI=1S/C18H20N6OS/c1-12-15(9-13-5-7-14(8-6-13)26(4,20)25)18(23(2)3)24-17(16(12)10-19)21-11-22-24/h5-8,11,20H,9H2,1-4H3. The minimum absolute atomic E-state index is 0.509. The van der Waals surface area contributed by atoms with Crippen LogP contribution in [0.4, 0.5) is 5.82 Å². The maximum Gasteiger partial charge on any atom is 0.175 e. The molecule has 7 nitrogen and oxygen atoms in total. The molecule has 1 unspecified atom stereocenters. The molecule has 2 aromatic heterocycles. The van der Waals surface area contributed by atoms with Crippen LogP contribution in [0.2, 0.25) is 0 Å². The summed E-state index contributed by atoms with van der Waals surface area (Å²) in [6.45, 7) is 1.92. The van der Waals surface area contributed by atoms with Gasteiger partial charge in [0.2, 0.25) is 0 Å². The predicted octanol–water partition coefficient (Wildman–Crippen LogP) is 2.60. The molecule has 26 heavy (non-hydrogen) atoms. The molecule has 0 amide bonds. The molecule has 3 aromatic rings. The van der Waals surface area contributed by atoms with Gasteiger partial charge in [0.15, 0.2) is 5.65 Å². The molecule has 1 atom stereocenters. The number of pyridine rings is 1. The summed E-state index contributed by atoms with van der Waals surface area (Å²) in [7, 11) is 1.13. The number of nitriles is 1. The van der Waals surface area contributed by atoms with Gasteiger partial charge in [-0.3, -0.25) is 0 Å². The van der Waals surface area contributed by atoms with Crippen LogP contribution in [0.5, 0.6) is 0 Å². The van der Waals surface area contributed by atoms with Gasteiger partial charge in [-0.2, -0.15) is 14.9 Å². The number of hydrogen-bond acceptors (Lipinski definition) is 6. The Balaban J connectivity index is 2.17. The van der Waals surface area contributed by atoms with Crippen molar-refractivity contribution in [2.75, 3.05) is 25.3 Å².